The van der Waals surface area contributed by atoms with Gasteiger partial charge in [-0.25, -0.2) is 4.98 Å². The molecule has 0 spiro atoms. The fraction of sp³-hybridized carbons (Fsp3) is 0.575. The van der Waals surface area contributed by atoms with Crippen LogP contribution in [0.2, 0.25) is 0 Å². The van der Waals surface area contributed by atoms with Crippen molar-refractivity contribution in [1.29, 1.82) is 5.26 Å². The fourth-order valence-corrected chi connectivity index (χ4v) is 9.09. The number of likely N-dealkylation sites (tertiary alicyclic amines) is 1. The van der Waals surface area contributed by atoms with Gasteiger partial charge >= 0.3 is 6.18 Å². The van der Waals surface area contributed by atoms with Crippen LogP contribution in [0.5, 0.6) is 0 Å². The highest BCUT2D eigenvalue weighted by Gasteiger charge is 2.53. The summed E-state index contributed by atoms with van der Waals surface area (Å²) in [5, 5.41) is 17.7. The second-order valence-electron chi connectivity index (χ2n) is 16.0. The van der Waals surface area contributed by atoms with Crippen LogP contribution in [0.25, 0.3) is 0 Å². The fourth-order valence-electron chi connectivity index (χ4n) is 8.53. The van der Waals surface area contributed by atoms with Crippen molar-refractivity contribution >= 4 is 58.0 Å². The number of carbonyl (C=O) groups excluding carboxylic acids is 4. The van der Waals surface area contributed by atoms with Gasteiger partial charge in [0.25, 0.3) is 5.91 Å². The maximum Gasteiger partial charge on any atom is 0.419 e. The third kappa shape index (κ3) is 9.60. The number of rotatable bonds is 12. The summed E-state index contributed by atoms with van der Waals surface area (Å²) in [5.74, 6) is -1.26. The molecule has 3 aliphatic heterocycles. The van der Waals surface area contributed by atoms with E-state index in [1.165, 1.54) is 6.07 Å². The molecule has 4 atom stereocenters. The molecule has 312 valence electrons. The Labute approximate surface area is 340 Å². The molecule has 3 N–H and O–H groups in total. The number of carbonyl (C=O) groups is 4. The smallest absolute Gasteiger partial charge is 0.376 e. The number of amides is 4. The van der Waals surface area contributed by atoms with Crippen LogP contribution >= 0.6 is 12.2 Å². The average molecular weight is 827 g/mol. The predicted molar refractivity (Wildman–Crippen MR) is 211 cm³/mol. The Morgan fingerprint density at radius 1 is 1.02 bits per heavy atom. The molecule has 58 heavy (non-hydrogen) atoms. The first-order valence-electron chi connectivity index (χ1n) is 19.6. The summed E-state index contributed by atoms with van der Waals surface area (Å²) >= 11 is 5.70. The Morgan fingerprint density at radius 3 is 2.31 bits per heavy atom. The van der Waals surface area contributed by atoms with Gasteiger partial charge in [0.1, 0.15) is 17.6 Å². The van der Waals surface area contributed by atoms with Crippen LogP contribution in [-0.2, 0) is 34.8 Å². The zero-order valence-corrected chi connectivity index (χ0v) is 33.8. The molecule has 0 radical (unpaired) electrons. The highest BCUT2D eigenvalue weighted by Crippen LogP contribution is 2.40. The minimum absolute atomic E-state index is 0.0103. The van der Waals surface area contributed by atoms with E-state index in [-0.39, 0.29) is 71.8 Å². The van der Waals surface area contributed by atoms with Gasteiger partial charge in [-0.05, 0) is 109 Å². The first-order valence-corrected chi connectivity index (χ1v) is 20.0. The number of anilines is 3. The maximum atomic E-state index is 13.7. The number of hydrogen-bond acceptors (Lipinski definition) is 11. The van der Waals surface area contributed by atoms with Crippen molar-refractivity contribution in [2.45, 2.75) is 127 Å². The van der Waals surface area contributed by atoms with E-state index in [4.69, 9.17) is 27.0 Å². The molecule has 6 rings (SSSR count). The molecule has 1 unspecified atom stereocenters. The number of aromatic nitrogens is 1. The lowest BCUT2D eigenvalue weighted by atomic mass is 9.89. The zero-order valence-electron chi connectivity index (χ0n) is 32.9. The number of nitrogens with zero attached hydrogens (tertiary/aromatic N) is 5. The highest BCUT2D eigenvalue weighted by molar-refractivity contribution is 7.80. The van der Waals surface area contributed by atoms with E-state index in [1.54, 1.807) is 38.1 Å². The minimum Gasteiger partial charge on any atom is -0.376 e. The molecule has 1 aromatic heterocycles. The van der Waals surface area contributed by atoms with Gasteiger partial charge in [-0.2, -0.15) is 18.4 Å². The molecule has 4 aliphatic rings. The molecule has 1 aromatic carbocycles. The number of pyridine rings is 1. The zero-order chi connectivity index (χ0) is 41.9. The van der Waals surface area contributed by atoms with Crippen LogP contribution in [0.1, 0.15) is 90.3 Å². The summed E-state index contributed by atoms with van der Waals surface area (Å²) in [5.41, 5.74) is -1.96. The average Bonchev–Trinajstić information content (AvgIpc) is 3.34. The van der Waals surface area contributed by atoms with E-state index in [0.717, 1.165) is 30.0 Å². The number of imide groups is 1. The van der Waals surface area contributed by atoms with Crippen LogP contribution < -0.4 is 20.9 Å². The molecule has 14 nitrogen and oxygen atoms in total. The van der Waals surface area contributed by atoms with Crippen LogP contribution in [0.4, 0.5) is 30.2 Å². The molecule has 18 heteroatoms. The monoisotopic (exact) mass is 826 g/mol. The van der Waals surface area contributed by atoms with E-state index < -0.39 is 34.9 Å². The lowest BCUT2D eigenvalue weighted by Crippen LogP contribution is -2.51. The Balaban J connectivity index is 0.919. The van der Waals surface area contributed by atoms with Gasteiger partial charge in [0, 0.05) is 35.9 Å². The number of thiocarbonyl (C=S) groups is 1. The quantitative estimate of drug-likeness (QED) is 0.147. The second-order valence-corrected chi connectivity index (χ2v) is 16.3. The second kappa shape index (κ2) is 17.7. The SMILES string of the molecule is C[C@@H]1C[C@H](OCCO[C@H]2CC[C@H](N3C(=S)N(c4cnc(C#N)c(C(F)(F)F)c4)C(=O)C3(C)C)CC2)C[C@H](C)N1CC(=O)Nc1cccc(NC2CCC(=O)NC2=O)c1. The van der Waals surface area contributed by atoms with Crippen molar-refractivity contribution in [1.82, 2.24) is 20.1 Å². The molecule has 3 saturated heterocycles. The molecule has 4 amide bonds. The van der Waals surface area contributed by atoms with E-state index in [1.807, 2.05) is 4.90 Å². The first kappa shape index (κ1) is 42.9. The standard InChI is InChI=1S/C40H49F3N8O6S/c1-23-16-30(17-24(2)49(23)22-35(53)47-26-7-5-6-25(18-26)46-32-12-13-34(52)48-36(32)54)57-15-14-56-29-10-8-27(9-11-29)51-38(58)50(37(55)39(51,3)4)28-19-31(40(41,42)43)33(20-44)45-21-28/h5-7,18-19,21,23-24,27,29-30,32,46H,8-17,22H2,1-4H3,(H,47,53)(H,48,52,54)/t23-,24+,27-,29-,30+,32?. The van der Waals surface area contributed by atoms with Crippen molar-refractivity contribution in [2.24, 2.45) is 0 Å². The minimum atomic E-state index is -4.83. The van der Waals surface area contributed by atoms with Gasteiger partial charge in [-0.3, -0.25) is 34.3 Å². The lowest BCUT2D eigenvalue weighted by Gasteiger charge is -2.42. The third-order valence-corrected chi connectivity index (χ3v) is 11.8. The van der Waals surface area contributed by atoms with Gasteiger partial charge in [-0.15, -0.1) is 0 Å². The molecule has 4 fully saturated rings. The Bertz CT molecular complexity index is 1940. The molecule has 0 bridgehead atoms. The highest BCUT2D eigenvalue weighted by atomic mass is 32.1. The number of hydrogen-bond donors (Lipinski definition) is 3. The van der Waals surface area contributed by atoms with E-state index in [2.05, 4.69) is 39.7 Å². The largest absolute Gasteiger partial charge is 0.419 e. The normalized spacial score (nSPS) is 26.7. The van der Waals surface area contributed by atoms with Gasteiger partial charge in [0.15, 0.2) is 10.8 Å². The van der Waals surface area contributed by atoms with Crippen molar-refractivity contribution in [3.05, 3.63) is 47.8 Å². The summed E-state index contributed by atoms with van der Waals surface area (Å²) in [6.45, 7) is 8.61. The number of nitrogens with one attached hydrogen (secondary N) is 3. The van der Waals surface area contributed by atoms with Gasteiger partial charge in [0.2, 0.25) is 17.7 Å². The Morgan fingerprint density at radius 2 is 1.67 bits per heavy atom. The number of ether oxygens (including phenoxy) is 2. The van der Waals surface area contributed by atoms with Crippen LogP contribution in [0.15, 0.2) is 36.5 Å². The summed E-state index contributed by atoms with van der Waals surface area (Å²) in [6, 6.07) is 8.90. The number of alkyl halides is 3. The summed E-state index contributed by atoms with van der Waals surface area (Å²) in [6.07, 6.45) is 1.16. The number of halogens is 3. The molecule has 1 aliphatic carbocycles. The summed E-state index contributed by atoms with van der Waals surface area (Å²) in [4.78, 5) is 59.0. The lowest BCUT2D eigenvalue weighted by molar-refractivity contribution is -0.138. The molecule has 1 saturated carbocycles. The molecule has 4 heterocycles. The van der Waals surface area contributed by atoms with Crippen molar-refractivity contribution in [3.63, 3.8) is 0 Å². The van der Waals surface area contributed by atoms with Crippen molar-refractivity contribution in [2.75, 3.05) is 35.3 Å². The first-order chi connectivity index (χ1) is 27.5. The predicted octanol–water partition coefficient (Wildman–Crippen LogP) is 5.13. The Kier molecular flexibility index (Phi) is 13.1. The van der Waals surface area contributed by atoms with Crippen molar-refractivity contribution < 1.29 is 41.8 Å². The van der Waals surface area contributed by atoms with Gasteiger partial charge in [0.05, 0.1) is 49.4 Å². The van der Waals surface area contributed by atoms with E-state index in [0.29, 0.717) is 56.7 Å². The van der Waals surface area contributed by atoms with Gasteiger partial charge in [-0.1, -0.05) is 6.07 Å². The number of piperidine rings is 2. The number of nitriles is 1. The third-order valence-electron chi connectivity index (χ3n) is 11.5. The summed E-state index contributed by atoms with van der Waals surface area (Å²) < 4.78 is 53.5. The number of benzene rings is 1. The van der Waals surface area contributed by atoms with E-state index in [9.17, 15) is 32.3 Å². The topological polar surface area (TPSA) is 169 Å². The van der Waals surface area contributed by atoms with Crippen molar-refractivity contribution in [3.8, 4) is 6.07 Å². The Hall–Kier alpha value is -4.70. The van der Waals surface area contributed by atoms with E-state index >= 15 is 0 Å². The summed E-state index contributed by atoms with van der Waals surface area (Å²) in [7, 11) is 0. The van der Waals surface area contributed by atoms with Gasteiger partial charge < -0.3 is 25.0 Å². The van der Waals surface area contributed by atoms with Crippen LogP contribution in [0, 0.1) is 11.3 Å². The van der Waals surface area contributed by atoms with Crippen LogP contribution in [-0.4, -0.2) is 105 Å². The molecular weight excluding hydrogens is 778 g/mol. The maximum absolute atomic E-state index is 13.7. The molecular formula is C40H49F3N8O6S. The molecule has 2 aromatic rings. The van der Waals surface area contributed by atoms with Crippen LogP contribution in [0.3, 0.4) is 0 Å².